The van der Waals surface area contributed by atoms with Gasteiger partial charge in [-0.25, -0.2) is 0 Å². The second-order valence-electron chi connectivity index (χ2n) is 9.00. The van der Waals surface area contributed by atoms with Crippen LogP contribution in [-0.4, -0.2) is 55.9 Å². The van der Waals surface area contributed by atoms with Crippen LogP contribution in [-0.2, 0) is 16.5 Å². The molecule has 0 N–H and O–H groups in total. The molecule has 5 rings (SSSR count). The number of hydrogen-bond acceptors (Lipinski definition) is 5. The van der Waals surface area contributed by atoms with Crippen molar-refractivity contribution in [3.8, 4) is 22.9 Å². The fourth-order valence-corrected chi connectivity index (χ4v) is 5.03. The third-order valence-electron chi connectivity index (χ3n) is 6.86. The standard InChI is InChI=1S/C27H27F3N2O5/c1-34-15-16-36-21-8-7-18(17-22(21)35-2)25(33)31-13-11-26(12-14-31)23-9-10-24(27(28,29)30)32(23)19-5-3-4-6-20(19)37-26/h3-10,17H,11-16H2,1-2H3. The van der Waals surface area contributed by atoms with Crippen molar-refractivity contribution < 1.29 is 36.9 Å². The number of para-hydroxylation sites is 2. The Morgan fingerprint density at radius 2 is 1.76 bits per heavy atom. The fraction of sp³-hybridized carbons (Fsp3) is 0.370. The Labute approximate surface area is 212 Å². The van der Waals surface area contributed by atoms with Crippen LogP contribution >= 0.6 is 0 Å². The van der Waals surface area contributed by atoms with Gasteiger partial charge in [0.15, 0.2) is 17.1 Å². The Morgan fingerprint density at radius 3 is 2.46 bits per heavy atom. The summed E-state index contributed by atoms with van der Waals surface area (Å²) in [6, 6.07) is 14.3. The first-order valence-electron chi connectivity index (χ1n) is 11.9. The van der Waals surface area contributed by atoms with Gasteiger partial charge in [0.25, 0.3) is 5.91 Å². The van der Waals surface area contributed by atoms with Crippen molar-refractivity contribution >= 4 is 5.91 Å². The summed E-state index contributed by atoms with van der Waals surface area (Å²) >= 11 is 0. The molecule has 1 amide bonds. The molecule has 0 saturated carbocycles. The molecule has 0 unspecified atom stereocenters. The number of piperidine rings is 1. The summed E-state index contributed by atoms with van der Waals surface area (Å²) in [5, 5.41) is 0. The Hall–Kier alpha value is -3.66. The maximum Gasteiger partial charge on any atom is 0.431 e. The van der Waals surface area contributed by atoms with Crippen LogP contribution in [0.4, 0.5) is 13.2 Å². The summed E-state index contributed by atoms with van der Waals surface area (Å²) in [5.41, 5.74) is -0.463. The lowest BCUT2D eigenvalue weighted by Gasteiger charge is -2.45. The molecule has 7 nitrogen and oxygen atoms in total. The number of fused-ring (bicyclic) bond motifs is 4. The second kappa shape index (κ2) is 9.66. The average molecular weight is 517 g/mol. The van der Waals surface area contributed by atoms with Crippen molar-refractivity contribution in [1.82, 2.24) is 9.47 Å². The smallest absolute Gasteiger partial charge is 0.431 e. The van der Waals surface area contributed by atoms with Gasteiger partial charge in [-0.3, -0.25) is 4.79 Å². The lowest BCUT2D eigenvalue weighted by molar-refractivity contribution is -0.143. The van der Waals surface area contributed by atoms with Gasteiger partial charge < -0.3 is 28.4 Å². The normalized spacial score (nSPS) is 16.1. The number of halogens is 3. The molecule has 1 aromatic heterocycles. The van der Waals surface area contributed by atoms with E-state index in [0.29, 0.717) is 73.3 Å². The quantitative estimate of drug-likeness (QED) is 0.429. The minimum absolute atomic E-state index is 0.195. The molecule has 1 saturated heterocycles. The zero-order valence-electron chi connectivity index (χ0n) is 20.5. The zero-order chi connectivity index (χ0) is 26.2. The molecular formula is C27H27F3N2O5. The summed E-state index contributed by atoms with van der Waals surface area (Å²) in [6.07, 6.45) is -3.81. The summed E-state index contributed by atoms with van der Waals surface area (Å²) < 4.78 is 65.2. The van der Waals surface area contributed by atoms with E-state index in [1.807, 2.05) is 0 Å². The van der Waals surface area contributed by atoms with Crippen LogP contribution in [0, 0.1) is 0 Å². The largest absolute Gasteiger partial charge is 0.493 e. The van der Waals surface area contributed by atoms with Gasteiger partial charge in [0.1, 0.15) is 18.1 Å². The molecule has 1 spiro atoms. The molecule has 0 bridgehead atoms. The van der Waals surface area contributed by atoms with Gasteiger partial charge in [-0.15, -0.1) is 0 Å². The number of amides is 1. The number of benzene rings is 2. The van der Waals surface area contributed by atoms with E-state index in [1.54, 1.807) is 54.5 Å². The van der Waals surface area contributed by atoms with Crippen LogP contribution < -0.4 is 14.2 Å². The molecule has 196 valence electrons. The lowest BCUT2D eigenvalue weighted by atomic mass is 9.86. The van der Waals surface area contributed by atoms with Gasteiger partial charge in [-0.05, 0) is 42.5 Å². The Bertz CT molecular complexity index is 1300. The number of methoxy groups -OCH3 is 2. The fourth-order valence-electron chi connectivity index (χ4n) is 5.03. The van der Waals surface area contributed by atoms with Gasteiger partial charge in [0.2, 0.25) is 0 Å². The van der Waals surface area contributed by atoms with Crippen LogP contribution in [0.15, 0.2) is 54.6 Å². The maximum atomic E-state index is 13.9. The van der Waals surface area contributed by atoms with Crippen molar-refractivity contribution in [1.29, 1.82) is 0 Å². The monoisotopic (exact) mass is 516 g/mol. The van der Waals surface area contributed by atoms with Crippen molar-refractivity contribution in [3.05, 3.63) is 71.5 Å². The van der Waals surface area contributed by atoms with Crippen LogP contribution in [0.5, 0.6) is 17.2 Å². The molecule has 3 heterocycles. The minimum atomic E-state index is -4.51. The summed E-state index contributed by atoms with van der Waals surface area (Å²) in [5.74, 6) is 1.13. The van der Waals surface area contributed by atoms with Crippen LogP contribution in [0.2, 0.25) is 0 Å². The Balaban J connectivity index is 1.38. The van der Waals surface area contributed by atoms with Crippen molar-refractivity contribution in [3.63, 3.8) is 0 Å². The van der Waals surface area contributed by atoms with E-state index >= 15 is 0 Å². The van der Waals surface area contributed by atoms with Crippen LogP contribution in [0.3, 0.4) is 0 Å². The van der Waals surface area contributed by atoms with Crippen molar-refractivity contribution in [2.45, 2.75) is 24.6 Å². The molecule has 2 aromatic carbocycles. The highest BCUT2D eigenvalue weighted by Gasteiger charge is 2.48. The predicted molar refractivity (Wildman–Crippen MR) is 129 cm³/mol. The summed E-state index contributed by atoms with van der Waals surface area (Å²) in [6.45, 7) is 1.40. The lowest BCUT2D eigenvalue weighted by Crippen LogP contribution is -2.50. The van der Waals surface area contributed by atoms with Crippen LogP contribution in [0.1, 0.15) is 34.6 Å². The van der Waals surface area contributed by atoms with Gasteiger partial charge in [0.05, 0.1) is 25.1 Å². The van der Waals surface area contributed by atoms with E-state index in [1.165, 1.54) is 17.7 Å². The summed E-state index contributed by atoms with van der Waals surface area (Å²) in [7, 11) is 3.08. The van der Waals surface area contributed by atoms with Gasteiger partial charge in [0, 0.05) is 38.6 Å². The van der Waals surface area contributed by atoms with E-state index in [0.717, 1.165) is 6.07 Å². The number of rotatable bonds is 6. The number of alkyl halides is 3. The number of likely N-dealkylation sites (tertiary alicyclic amines) is 1. The molecule has 0 aliphatic carbocycles. The van der Waals surface area contributed by atoms with E-state index in [2.05, 4.69) is 0 Å². The molecule has 1 fully saturated rings. The van der Waals surface area contributed by atoms with Gasteiger partial charge in [-0.1, -0.05) is 12.1 Å². The molecule has 37 heavy (non-hydrogen) atoms. The highest BCUT2D eigenvalue weighted by atomic mass is 19.4. The summed E-state index contributed by atoms with van der Waals surface area (Å²) in [4.78, 5) is 15.0. The van der Waals surface area contributed by atoms with Crippen LogP contribution in [0.25, 0.3) is 5.69 Å². The first kappa shape index (κ1) is 25.0. The Kier molecular flexibility index (Phi) is 6.53. The molecular weight excluding hydrogens is 489 g/mol. The number of nitrogens with zero attached hydrogens (tertiary/aromatic N) is 2. The first-order chi connectivity index (χ1) is 17.8. The van der Waals surface area contributed by atoms with Gasteiger partial charge in [-0.2, -0.15) is 13.2 Å². The number of carbonyl (C=O) groups is 1. The molecule has 3 aromatic rings. The molecule has 2 aliphatic rings. The SMILES string of the molecule is COCCOc1ccc(C(=O)N2CCC3(CC2)Oc2ccccc2-n2c(C(F)(F)F)ccc23)cc1OC. The van der Waals surface area contributed by atoms with E-state index in [9.17, 15) is 18.0 Å². The van der Waals surface area contributed by atoms with Gasteiger partial charge >= 0.3 is 6.18 Å². The molecule has 0 radical (unpaired) electrons. The number of ether oxygens (including phenoxy) is 4. The Morgan fingerprint density at radius 1 is 1.00 bits per heavy atom. The topological polar surface area (TPSA) is 62.2 Å². The van der Waals surface area contributed by atoms with Crippen molar-refractivity contribution in [2.24, 2.45) is 0 Å². The molecule has 0 atom stereocenters. The number of carbonyl (C=O) groups excluding carboxylic acids is 1. The second-order valence-corrected chi connectivity index (χ2v) is 9.00. The minimum Gasteiger partial charge on any atom is -0.493 e. The van der Waals surface area contributed by atoms with E-state index in [4.69, 9.17) is 18.9 Å². The highest BCUT2D eigenvalue weighted by molar-refractivity contribution is 5.95. The number of aromatic nitrogens is 1. The molecule has 2 aliphatic heterocycles. The maximum absolute atomic E-state index is 13.9. The highest BCUT2D eigenvalue weighted by Crippen LogP contribution is 2.48. The third-order valence-corrected chi connectivity index (χ3v) is 6.86. The predicted octanol–water partition coefficient (Wildman–Crippen LogP) is 5.05. The van der Waals surface area contributed by atoms with E-state index < -0.39 is 17.5 Å². The van der Waals surface area contributed by atoms with Crippen molar-refractivity contribution in [2.75, 3.05) is 40.5 Å². The average Bonchev–Trinajstić information content (AvgIpc) is 3.37. The molecule has 10 heteroatoms. The zero-order valence-corrected chi connectivity index (χ0v) is 20.5. The first-order valence-corrected chi connectivity index (χ1v) is 11.9. The number of hydrogen-bond donors (Lipinski definition) is 0. The van der Waals surface area contributed by atoms with E-state index in [-0.39, 0.29) is 5.91 Å². The third kappa shape index (κ3) is 4.50.